The van der Waals surface area contributed by atoms with Gasteiger partial charge in [0.25, 0.3) is 0 Å². The summed E-state index contributed by atoms with van der Waals surface area (Å²) in [5, 5.41) is 2.65. The molecular weight excluding hydrogens is 399 g/mol. The van der Waals surface area contributed by atoms with E-state index in [1.807, 2.05) is 12.1 Å². The predicted molar refractivity (Wildman–Crippen MR) is 104 cm³/mol. The number of benzene rings is 2. The van der Waals surface area contributed by atoms with Gasteiger partial charge >= 0.3 is 0 Å². The minimum atomic E-state index is -0.442. The van der Waals surface area contributed by atoms with Crippen LogP contribution in [-0.4, -0.2) is 31.0 Å². The Morgan fingerprint density at radius 3 is 2.96 bits per heavy atom. The van der Waals surface area contributed by atoms with E-state index in [0.717, 1.165) is 25.1 Å². The number of ether oxygens (including phenoxy) is 1. The van der Waals surface area contributed by atoms with Crippen LogP contribution in [0.3, 0.4) is 0 Å². The third-order valence-corrected chi connectivity index (χ3v) is 5.17. The van der Waals surface area contributed by atoms with Crippen LogP contribution in [0.4, 0.5) is 10.1 Å². The van der Waals surface area contributed by atoms with Crippen molar-refractivity contribution in [1.82, 2.24) is 4.90 Å². The molecule has 1 saturated heterocycles. The van der Waals surface area contributed by atoms with E-state index in [9.17, 15) is 9.18 Å². The first kappa shape index (κ1) is 18.9. The average molecular weight is 421 g/mol. The van der Waals surface area contributed by atoms with Crippen LogP contribution in [0.15, 0.2) is 46.9 Å². The number of hydrogen-bond donors (Lipinski definition) is 1. The fraction of sp³-hybridized carbons (Fsp3) is 0.350. The van der Waals surface area contributed by atoms with E-state index < -0.39 is 5.82 Å². The monoisotopic (exact) mass is 420 g/mol. The Balaban J connectivity index is 1.58. The van der Waals surface area contributed by atoms with Crippen LogP contribution in [0.2, 0.25) is 0 Å². The maximum Gasteiger partial charge on any atom is 0.225 e. The number of methoxy groups -OCH3 is 1. The minimum absolute atomic E-state index is 0.178. The van der Waals surface area contributed by atoms with E-state index >= 15 is 0 Å². The maximum atomic E-state index is 13.8. The van der Waals surface area contributed by atoms with Crippen molar-refractivity contribution in [1.29, 1.82) is 0 Å². The van der Waals surface area contributed by atoms with Gasteiger partial charge in [0.05, 0.1) is 12.8 Å². The first-order valence-corrected chi connectivity index (χ1v) is 9.49. The molecule has 26 heavy (non-hydrogen) atoms. The summed E-state index contributed by atoms with van der Waals surface area (Å²) in [5.41, 5.74) is 1.42. The van der Waals surface area contributed by atoms with Crippen molar-refractivity contribution in [3.8, 4) is 5.75 Å². The Kier molecular flexibility index (Phi) is 6.27. The predicted octanol–water partition coefficient (Wildman–Crippen LogP) is 4.76. The first-order valence-electron chi connectivity index (χ1n) is 8.69. The quantitative estimate of drug-likeness (QED) is 0.731. The number of carbonyl (C=O) groups excluding carboxylic acids is 1. The van der Waals surface area contributed by atoms with Crippen LogP contribution in [-0.2, 0) is 4.79 Å². The smallest absolute Gasteiger partial charge is 0.225 e. The lowest BCUT2D eigenvalue weighted by Crippen LogP contribution is -2.27. The summed E-state index contributed by atoms with van der Waals surface area (Å²) in [6, 6.07) is 13.0. The van der Waals surface area contributed by atoms with Crippen molar-refractivity contribution >= 4 is 27.5 Å². The molecule has 0 saturated carbocycles. The van der Waals surface area contributed by atoms with Crippen LogP contribution < -0.4 is 10.1 Å². The van der Waals surface area contributed by atoms with Crippen molar-refractivity contribution < 1.29 is 13.9 Å². The summed E-state index contributed by atoms with van der Waals surface area (Å²) in [4.78, 5) is 14.5. The number of halogens is 2. The summed E-state index contributed by atoms with van der Waals surface area (Å²) < 4.78 is 19.8. The third-order valence-electron chi connectivity index (χ3n) is 4.67. The van der Waals surface area contributed by atoms with Gasteiger partial charge < -0.3 is 10.1 Å². The SMILES string of the molecule is COc1cccc(C2CCCN2CCC(=O)Nc2ccc(Br)cc2F)c1. The molecule has 4 nitrogen and oxygen atoms in total. The lowest BCUT2D eigenvalue weighted by Gasteiger charge is -2.25. The van der Waals surface area contributed by atoms with Gasteiger partial charge in [-0.2, -0.15) is 0 Å². The summed E-state index contributed by atoms with van der Waals surface area (Å²) in [6.07, 6.45) is 2.50. The molecule has 138 valence electrons. The number of carbonyl (C=O) groups is 1. The van der Waals surface area contributed by atoms with Crippen LogP contribution in [0.25, 0.3) is 0 Å². The highest BCUT2D eigenvalue weighted by Crippen LogP contribution is 2.33. The maximum absolute atomic E-state index is 13.8. The molecule has 0 bridgehead atoms. The van der Waals surface area contributed by atoms with Crippen molar-refractivity contribution in [2.24, 2.45) is 0 Å². The largest absolute Gasteiger partial charge is 0.497 e. The van der Waals surface area contributed by atoms with E-state index in [2.05, 4.69) is 38.3 Å². The van der Waals surface area contributed by atoms with Crippen molar-refractivity contribution in [3.05, 3.63) is 58.3 Å². The van der Waals surface area contributed by atoms with E-state index in [4.69, 9.17) is 4.74 Å². The number of nitrogens with zero attached hydrogens (tertiary/aromatic N) is 1. The van der Waals surface area contributed by atoms with Gasteiger partial charge in [-0.3, -0.25) is 9.69 Å². The van der Waals surface area contributed by atoms with Gasteiger partial charge in [-0.1, -0.05) is 28.1 Å². The standard InChI is InChI=1S/C20H22BrFN2O2/c1-26-16-5-2-4-14(12-16)19-6-3-10-24(19)11-9-20(25)23-18-8-7-15(21)13-17(18)22/h2,4-5,7-8,12-13,19H,3,6,9-11H2,1H3,(H,23,25). The third kappa shape index (κ3) is 4.62. The molecule has 1 unspecified atom stereocenters. The molecule has 1 fully saturated rings. The Hall–Kier alpha value is -1.92. The second-order valence-electron chi connectivity index (χ2n) is 6.39. The molecule has 1 N–H and O–H groups in total. The van der Waals surface area contributed by atoms with Crippen LogP contribution in [0.1, 0.15) is 30.9 Å². The van der Waals surface area contributed by atoms with Crippen LogP contribution in [0.5, 0.6) is 5.75 Å². The summed E-state index contributed by atoms with van der Waals surface area (Å²) in [5.74, 6) is 0.225. The minimum Gasteiger partial charge on any atom is -0.497 e. The number of likely N-dealkylation sites (tertiary alicyclic amines) is 1. The molecule has 6 heteroatoms. The van der Waals surface area contributed by atoms with Crippen LogP contribution >= 0.6 is 15.9 Å². The fourth-order valence-electron chi connectivity index (χ4n) is 3.37. The molecule has 1 heterocycles. The van der Waals surface area contributed by atoms with Gasteiger partial charge in [0.2, 0.25) is 5.91 Å². The zero-order valence-electron chi connectivity index (χ0n) is 14.7. The highest BCUT2D eigenvalue weighted by molar-refractivity contribution is 9.10. The topological polar surface area (TPSA) is 41.6 Å². The Bertz CT molecular complexity index is 784. The molecule has 1 amide bonds. The first-order chi connectivity index (χ1) is 12.6. The summed E-state index contributed by atoms with van der Waals surface area (Å²) >= 11 is 3.21. The van der Waals surface area contributed by atoms with Gasteiger partial charge in [0, 0.05) is 23.5 Å². The average Bonchev–Trinajstić information content (AvgIpc) is 3.11. The molecule has 0 aliphatic carbocycles. The lowest BCUT2D eigenvalue weighted by atomic mass is 10.0. The van der Waals surface area contributed by atoms with Crippen molar-refractivity contribution in [2.45, 2.75) is 25.3 Å². The molecule has 1 aliphatic heterocycles. The highest BCUT2D eigenvalue weighted by atomic mass is 79.9. The zero-order chi connectivity index (χ0) is 18.5. The van der Waals surface area contributed by atoms with Gasteiger partial charge in [0.15, 0.2) is 0 Å². The van der Waals surface area contributed by atoms with Gasteiger partial charge in [-0.25, -0.2) is 4.39 Å². The molecule has 2 aromatic rings. The molecule has 0 aromatic heterocycles. The summed E-state index contributed by atoms with van der Waals surface area (Å²) in [7, 11) is 1.66. The van der Waals surface area contributed by atoms with E-state index in [-0.39, 0.29) is 11.6 Å². The number of amides is 1. The van der Waals surface area contributed by atoms with Gasteiger partial charge in [-0.05, 0) is 55.3 Å². The number of hydrogen-bond acceptors (Lipinski definition) is 3. The number of nitrogens with one attached hydrogen (secondary N) is 1. The van der Waals surface area contributed by atoms with Gasteiger partial charge in [-0.15, -0.1) is 0 Å². The number of anilines is 1. The van der Waals surface area contributed by atoms with E-state index in [1.54, 1.807) is 19.2 Å². The second kappa shape index (κ2) is 8.64. The van der Waals surface area contributed by atoms with Crippen molar-refractivity contribution in [2.75, 3.05) is 25.5 Å². The molecule has 0 spiro atoms. The van der Waals surface area contributed by atoms with E-state index in [1.165, 1.54) is 11.6 Å². The molecule has 0 radical (unpaired) electrons. The molecule has 1 atom stereocenters. The number of rotatable bonds is 6. The van der Waals surface area contributed by atoms with Crippen molar-refractivity contribution in [3.63, 3.8) is 0 Å². The fourth-order valence-corrected chi connectivity index (χ4v) is 3.70. The zero-order valence-corrected chi connectivity index (χ0v) is 16.3. The Labute approximate surface area is 161 Å². The highest BCUT2D eigenvalue weighted by Gasteiger charge is 2.26. The van der Waals surface area contributed by atoms with E-state index in [0.29, 0.717) is 23.5 Å². The molecule has 1 aliphatic rings. The van der Waals surface area contributed by atoms with Gasteiger partial charge in [0.1, 0.15) is 11.6 Å². The van der Waals surface area contributed by atoms with Crippen LogP contribution in [0, 0.1) is 5.82 Å². The second-order valence-corrected chi connectivity index (χ2v) is 7.31. The molecule has 3 rings (SSSR count). The lowest BCUT2D eigenvalue weighted by molar-refractivity contribution is -0.116. The molecule has 2 aromatic carbocycles. The molecular formula is C20H22BrFN2O2. The normalized spacial score (nSPS) is 17.3. The Morgan fingerprint density at radius 2 is 2.19 bits per heavy atom. The summed E-state index contributed by atoms with van der Waals surface area (Å²) in [6.45, 7) is 1.60. The Morgan fingerprint density at radius 1 is 1.35 bits per heavy atom.